The van der Waals surface area contributed by atoms with Crippen molar-refractivity contribution in [2.75, 3.05) is 44.2 Å². The number of benzene rings is 1. The Balaban J connectivity index is 1.38. The van der Waals surface area contributed by atoms with Crippen molar-refractivity contribution < 1.29 is 13.2 Å². The first kappa shape index (κ1) is 25.1. The minimum absolute atomic E-state index is 0.0991. The molecule has 0 aliphatic carbocycles. The Morgan fingerprint density at radius 2 is 1.60 bits per heavy atom. The number of hydrogen-bond acceptors (Lipinski definition) is 6. The summed E-state index contributed by atoms with van der Waals surface area (Å²) in [7, 11) is -3.62. The van der Waals surface area contributed by atoms with Crippen molar-refractivity contribution in [3.63, 3.8) is 0 Å². The third-order valence-corrected chi connectivity index (χ3v) is 9.67. The molecule has 0 radical (unpaired) electrons. The van der Waals surface area contributed by atoms with Crippen LogP contribution in [0, 0.1) is 44.9 Å². The molecule has 0 spiro atoms. The highest BCUT2D eigenvalue weighted by molar-refractivity contribution is 7.89. The Bertz CT molecular complexity index is 1240. The van der Waals surface area contributed by atoms with Crippen molar-refractivity contribution in [2.45, 2.75) is 45.4 Å². The number of nitrogens with zero attached hydrogens (tertiary/aromatic N) is 5. The largest absolute Gasteiger partial charge is 0.352 e. The molecule has 0 bridgehead atoms. The Morgan fingerprint density at radius 1 is 1.00 bits per heavy atom. The zero-order valence-electron chi connectivity index (χ0n) is 20.9. The number of amides is 1. The number of aryl methyl sites for hydroxylation is 2. The quantitative estimate of drug-likeness (QED) is 0.647. The number of rotatable bonds is 4. The number of anilines is 1. The van der Waals surface area contributed by atoms with Crippen LogP contribution in [0.5, 0.6) is 0 Å². The molecule has 1 aromatic carbocycles. The minimum atomic E-state index is -3.62. The van der Waals surface area contributed by atoms with Gasteiger partial charge in [0.05, 0.1) is 10.5 Å². The third kappa shape index (κ3) is 4.78. The van der Waals surface area contributed by atoms with E-state index >= 15 is 0 Å². The summed E-state index contributed by atoms with van der Waals surface area (Å²) in [6, 6.07) is 7.71. The van der Waals surface area contributed by atoms with E-state index in [4.69, 9.17) is 0 Å². The highest BCUT2D eigenvalue weighted by Crippen LogP contribution is 2.31. The molecule has 1 aromatic heterocycles. The van der Waals surface area contributed by atoms with E-state index in [0.29, 0.717) is 68.4 Å². The molecule has 4 rings (SSSR count). The SMILES string of the molecule is Cc1cc(C)c(C)c(S(=O)(=O)N2CCC(C(=O)N3CCN(c4ncccc4C#N)CC3)CC2)c1C. The maximum Gasteiger partial charge on any atom is 0.243 e. The number of piperidine rings is 1. The van der Waals surface area contributed by atoms with Gasteiger partial charge in [0.1, 0.15) is 11.9 Å². The van der Waals surface area contributed by atoms with Gasteiger partial charge in [-0.15, -0.1) is 0 Å². The Kier molecular flexibility index (Phi) is 7.15. The predicted octanol–water partition coefficient (Wildman–Crippen LogP) is 2.94. The zero-order chi connectivity index (χ0) is 25.3. The minimum Gasteiger partial charge on any atom is -0.352 e. The smallest absolute Gasteiger partial charge is 0.243 e. The van der Waals surface area contributed by atoms with Gasteiger partial charge >= 0.3 is 0 Å². The summed E-state index contributed by atoms with van der Waals surface area (Å²) in [6.07, 6.45) is 2.73. The first-order chi connectivity index (χ1) is 16.6. The van der Waals surface area contributed by atoms with Gasteiger partial charge in [0.2, 0.25) is 15.9 Å². The maximum absolute atomic E-state index is 13.5. The van der Waals surface area contributed by atoms with Crippen LogP contribution in [0.4, 0.5) is 5.82 Å². The molecule has 2 saturated heterocycles. The van der Waals surface area contributed by atoms with Gasteiger partial charge in [-0.2, -0.15) is 9.57 Å². The molecule has 0 N–H and O–H groups in total. The molecule has 2 fully saturated rings. The highest BCUT2D eigenvalue weighted by Gasteiger charge is 2.36. The van der Waals surface area contributed by atoms with Crippen LogP contribution < -0.4 is 4.90 Å². The summed E-state index contributed by atoms with van der Waals surface area (Å²) < 4.78 is 28.6. The summed E-state index contributed by atoms with van der Waals surface area (Å²) in [5, 5.41) is 9.34. The van der Waals surface area contributed by atoms with E-state index in [0.717, 1.165) is 22.3 Å². The second kappa shape index (κ2) is 9.96. The molecule has 9 heteroatoms. The molecule has 8 nitrogen and oxygen atoms in total. The molecule has 2 aliphatic rings. The summed E-state index contributed by atoms with van der Waals surface area (Å²) in [6.45, 7) is 10.7. The molecule has 35 heavy (non-hydrogen) atoms. The van der Waals surface area contributed by atoms with Crippen LogP contribution in [0.1, 0.15) is 40.7 Å². The number of carbonyl (C=O) groups excluding carboxylic acids is 1. The van der Waals surface area contributed by atoms with Crippen LogP contribution >= 0.6 is 0 Å². The van der Waals surface area contributed by atoms with Crippen molar-refractivity contribution in [2.24, 2.45) is 5.92 Å². The molecule has 0 saturated carbocycles. The van der Waals surface area contributed by atoms with E-state index in [2.05, 4.69) is 11.1 Å². The third-order valence-electron chi connectivity index (χ3n) is 7.50. The number of piperazine rings is 1. The lowest BCUT2D eigenvalue weighted by Gasteiger charge is -2.39. The fourth-order valence-electron chi connectivity index (χ4n) is 5.17. The number of aromatic nitrogens is 1. The van der Waals surface area contributed by atoms with Gasteiger partial charge in [-0.3, -0.25) is 4.79 Å². The normalized spacial score (nSPS) is 17.9. The molecule has 2 aliphatic heterocycles. The number of sulfonamides is 1. The maximum atomic E-state index is 13.5. The first-order valence-electron chi connectivity index (χ1n) is 12.1. The van der Waals surface area contributed by atoms with E-state index in [1.807, 2.05) is 43.6 Å². The van der Waals surface area contributed by atoms with Gasteiger partial charge in [0.25, 0.3) is 0 Å². The molecule has 2 aromatic rings. The van der Waals surface area contributed by atoms with E-state index < -0.39 is 10.0 Å². The second-order valence-corrected chi connectivity index (χ2v) is 11.4. The summed E-state index contributed by atoms with van der Waals surface area (Å²) >= 11 is 0. The van der Waals surface area contributed by atoms with Crippen LogP contribution in [0.25, 0.3) is 0 Å². The Hall–Kier alpha value is -2.96. The molecule has 3 heterocycles. The standard InChI is InChI=1S/C26H33N5O3S/c1-18-16-19(2)21(4)24(20(18)3)35(33,34)31-10-7-22(8-11-31)26(32)30-14-12-29(13-15-30)25-23(17-27)6-5-9-28-25/h5-6,9,16,22H,7-8,10-15H2,1-4H3. The van der Waals surface area contributed by atoms with Crippen molar-refractivity contribution in [1.82, 2.24) is 14.2 Å². The van der Waals surface area contributed by atoms with Crippen molar-refractivity contribution in [3.8, 4) is 6.07 Å². The van der Waals surface area contributed by atoms with Gasteiger partial charge in [-0.05, 0) is 74.9 Å². The lowest BCUT2D eigenvalue weighted by Crippen LogP contribution is -2.52. The van der Waals surface area contributed by atoms with Crippen molar-refractivity contribution in [1.29, 1.82) is 5.26 Å². The Morgan fingerprint density at radius 3 is 2.17 bits per heavy atom. The van der Waals surface area contributed by atoms with Crippen molar-refractivity contribution in [3.05, 3.63) is 52.2 Å². The molecule has 0 atom stereocenters. The fourth-order valence-corrected chi connectivity index (χ4v) is 7.22. The van der Waals surface area contributed by atoms with E-state index in [-0.39, 0.29) is 11.8 Å². The van der Waals surface area contributed by atoms with Crippen LogP contribution in [0.15, 0.2) is 29.3 Å². The molecule has 0 unspecified atom stereocenters. The summed E-state index contributed by atoms with van der Waals surface area (Å²) in [5.74, 6) is 0.596. The van der Waals surface area contributed by atoms with Crippen LogP contribution in [0.2, 0.25) is 0 Å². The van der Waals surface area contributed by atoms with Gasteiger partial charge < -0.3 is 9.80 Å². The summed E-state index contributed by atoms with van der Waals surface area (Å²) in [5.41, 5.74) is 4.09. The predicted molar refractivity (Wildman–Crippen MR) is 135 cm³/mol. The molecule has 186 valence electrons. The van der Waals surface area contributed by atoms with Gasteiger partial charge in [-0.25, -0.2) is 13.4 Å². The van der Waals surface area contributed by atoms with E-state index in [9.17, 15) is 18.5 Å². The number of pyridine rings is 1. The monoisotopic (exact) mass is 495 g/mol. The van der Waals surface area contributed by atoms with Gasteiger partial charge in [-0.1, -0.05) is 6.07 Å². The first-order valence-corrected chi connectivity index (χ1v) is 13.6. The fraction of sp³-hybridized carbons (Fsp3) is 0.500. The van der Waals surface area contributed by atoms with Crippen LogP contribution in [-0.4, -0.2) is 67.8 Å². The van der Waals surface area contributed by atoms with Gasteiger partial charge in [0.15, 0.2) is 0 Å². The molecular formula is C26H33N5O3S. The second-order valence-electron chi connectivity index (χ2n) is 9.57. The van der Waals surface area contributed by atoms with Crippen LogP contribution in [-0.2, 0) is 14.8 Å². The number of carbonyl (C=O) groups is 1. The lowest BCUT2D eigenvalue weighted by molar-refractivity contribution is -0.137. The average molecular weight is 496 g/mol. The summed E-state index contributed by atoms with van der Waals surface area (Å²) in [4.78, 5) is 21.9. The Labute approximate surface area is 208 Å². The molecule has 1 amide bonds. The van der Waals surface area contributed by atoms with Gasteiger partial charge in [0, 0.05) is 51.4 Å². The van der Waals surface area contributed by atoms with Crippen molar-refractivity contribution >= 4 is 21.7 Å². The topological polar surface area (TPSA) is 97.6 Å². The lowest BCUT2D eigenvalue weighted by atomic mass is 9.96. The van der Waals surface area contributed by atoms with Crippen LogP contribution in [0.3, 0.4) is 0 Å². The number of nitriles is 1. The van der Waals surface area contributed by atoms with E-state index in [1.165, 1.54) is 0 Å². The number of hydrogen-bond donors (Lipinski definition) is 0. The zero-order valence-corrected chi connectivity index (χ0v) is 21.7. The highest BCUT2D eigenvalue weighted by atomic mass is 32.2. The van der Waals surface area contributed by atoms with E-state index in [1.54, 1.807) is 22.6 Å². The average Bonchev–Trinajstić information content (AvgIpc) is 2.87. The molecular weight excluding hydrogens is 462 g/mol.